The number of rotatable bonds is 7. The number of carbonyl (C=O) groups excluding carboxylic acids is 1. The van der Waals surface area contributed by atoms with Gasteiger partial charge in [-0.2, -0.15) is 0 Å². The number of carbonyl (C=O) groups is 1. The summed E-state index contributed by atoms with van der Waals surface area (Å²) in [5, 5.41) is 0.956. The van der Waals surface area contributed by atoms with Crippen LogP contribution in [0.2, 0.25) is 0 Å². The van der Waals surface area contributed by atoms with Gasteiger partial charge in [0.1, 0.15) is 0 Å². The van der Waals surface area contributed by atoms with Gasteiger partial charge < -0.3 is 15.5 Å². The minimum atomic E-state index is -0.170. The lowest BCUT2D eigenvalue weighted by Crippen LogP contribution is -2.28. The number of anilines is 3. The van der Waals surface area contributed by atoms with Gasteiger partial charge in [0, 0.05) is 42.0 Å². The smallest absolute Gasteiger partial charge is 0.255 e. The Hall–Kier alpha value is -1.65. The van der Waals surface area contributed by atoms with Crippen molar-refractivity contribution in [2.75, 3.05) is 36.2 Å². The van der Waals surface area contributed by atoms with Crippen LogP contribution < -0.4 is 15.5 Å². The van der Waals surface area contributed by atoms with E-state index in [0.717, 1.165) is 12.2 Å². The summed E-state index contributed by atoms with van der Waals surface area (Å²) in [5.74, 6) is -0.170. The average Bonchev–Trinajstić information content (AvgIpc) is 2.52. The van der Waals surface area contributed by atoms with Crippen molar-refractivity contribution in [2.45, 2.75) is 26.7 Å². The zero-order chi connectivity index (χ0) is 18.4. The third-order valence-corrected chi connectivity index (χ3v) is 4.33. The minimum absolute atomic E-state index is 0.170. The number of halogens is 2. The molecule has 0 fully saturated rings. The lowest BCUT2D eigenvalue weighted by Gasteiger charge is -2.23. The molecule has 132 valence electrons. The van der Waals surface area contributed by atoms with E-state index in [1.165, 1.54) is 0 Å². The molecule has 0 heterocycles. The van der Waals surface area contributed by atoms with Crippen molar-refractivity contribution >= 4 is 46.2 Å². The van der Waals surface area contributed by atoms with Crippen LogP contribution in [0.25, 0.3) is 0 Å². The third kappa shape index (κ3) is 5.18. The lowest BCUT2D eigenvalue weighted by atomic mass is 10.1. The van der Waals surface area contributed by atoms with Crippen LogP contribution in [0, 0.1) is 0 Å². The van der Waals surface area contributed by atoms with E-state index in [2.05, 4.69) is 6.58 Å². The minimum Gasteiger partial charge on any atom is -0.397 e. The second-order valence-corrected chi connectivity index (χ2v) is 6.75. The SMILES string of the molecule is C=C(Cl)CC/C(C(=O)N(C)c1ccc(N(C)CC)c(N)c1)=C(\C)Cl. The van der Waals surface area contributed by atoms with Gasteiger partial charge >= 0.3 is 0 Å². The molecule has 2 N–H and O–H groups in total. The first-order valence-electron chi connectivity index (χ1n) is 7.76. The number of likely N-dealkylation sites (N-methyl/N-ethyl adjacent to an activating group) is 1. The zero-order valence-corrected chi connectivity index (χ0v) is 16.2. The highest BCUT2D eigenvalue weighted by Crippen LogP contribution is 2.29. The van der Waals surface area contributed by atoms with Gasteiger partial charge in [0.25, 0.3) is 5.91 Å². The third-order valence-electron chi connectivity index (χ3n) is 3.91. The van der Waals surface area contributed by atoms with E-state index in [0.29, 0.717) is 39.9 Å². The Kier molecular flexibility index (Phi) is 7.64. The van der Waals surface area contributed by atoms with Crippen LogP contribution in [0.3, 0.4) is 0 Å². The molecule has 0 aromatic heterocycles. The van der Waals surface area contributed by atoms with Crippen molar-refractivity contribution in [3.63, 3.8) is 0 Å². The molecule has 0 saturated carbocycles. The van der Waals surface area contributed by atoms with Crippen LogP contribution in [0.1, 0.15) is 26.7 Å². The maximum atomic E-state index is 12.7. The van der Waals surface area contributed by atoms with E-state index in [9.17, 15) is 4.79 Å². The predicted octanol–water partition coefficient (Wildman–Crippen LogP) is 4.73. The number of nitrogens with two attached hydrogens (primary N) is 1. The van der Waals surface area contributed by atoms with Crippen LogP contribution in [0.15, 0.2) is 40.4 Å². The molecule has 1 aromatic carbocycles. The molecule has 0 bridgehead atoms. The van der Waals surface area contributed by atoms with Crippen molar-refractivity contribution in [2.24, 2.45) is 0 Å². The van der Waals surface area contributed by atoms with Crippen molar-refractivity contribution in [1.82, 2.24) is 0 Å². The molecule has 0 unspecified atom stereocenters. The molecule has 0 aliphatic heterocycles. The van der Waals surface area contributed by atoms with Crippen molar-refractivity contribution in [3.8, 4) is 0 Å². The fourth-order valence-electron chi connectivity index (χ4n) is 2.28. The van der Waals surface area contributed by atoms with Crippen LogP contribution in [0.4, 0.5) is 17.1 Å². The summed E-state index contributed by atoms with van der Waals surface area (Å²) >= 11 is 11.9. The number of benzene rings is 1. The van der Waals surface area contributed by atoms with E-state index in [1.807, 2.05) is 31.0 Å². The molecule has 0 atom stereocenters. The standard InChI is InChI=1S/C18H25Cl2N3O/c1-6-22(4)17-10-8-14(11-16(17)21)23(5)18(24)15(13(3)20)9-7-12(2)19/h8,10-11H,2,6-7,9,21H2,1,3-5H3/b15-13-. The van der Waals surface area contributed by atoms with Gasteiger partial charge in [0.05, 0.1) is 11.4 Å². The highest BCUT2D eigenvalue weighted by atomic mass is 35.5. The maximum Gasteiger partial charge on any atom is 0.255 e. The summed E-state index contributed by atoms with van der Waals surface area (Å²) in [6.45, 7) is 8.25. The molecule has 0 aliphatic carbocycles. The van der Waals surface area contributed by atoms with Crippen LogP contribution in [0.5, 0.6) is 0 Å². The monoisotopic (exact) mass is 369 g/mol. The summed E-state index contributed by atoms with van der Waals surface area (Å²) in [7, 11) is 3.67. The van der Waals surface area contributed by atoms with Gasteiger partial charge in [-0.3, -0.25) is 4.79 Å². The quantitative estimate of drug-likeness (QED) is 0.557. The van der Waals surface area contributed by atoms with Gasteiger partial charge in [-0.1, -0.05) is 29.8 Å². The molecule has 0 saturated heterocycles. The second kappa shape index (κ2) is 9.00. The molecule has 24 heavy (non-hydrogen) atoms. The Morgan fingerprint density at radius 1 is 1.25 bits per heavy atom. The zero-order valence-electron chi connectivity index (χ0n) is 14.7. The molecule has 0 aliphatic rings. The van der Waals surface area contributed by atoms with E-state index >= 15 is 0 Å². The van der Waals surface area contributed by atoms with E-state index in [4.69, 9.17) is 28.9 Å². The number of nitrogens with zero attached hydrogens (tertiary/aromatic N) is 2. The van der Waals surface area contributed by atoms with Crippen LogP contribution in [-0.4, -0.2) is 26.5 Å². The van der Waals surface area contributed by atoms with E-state index in [1.54, 1.807) is 24.9 Å². The Bertz CT molecular complexity index is 652. The Morgan fingerprint density at radius 2 is 1.88 bits per heavy atom. The largest absolute Gasteiger partial charge is 0.397 e. The van der Waals surface area contributed by atoms with Gasteiger partial charge in [-0.05, 0) is 44.9 Å². The molecule has 1 aromatic rings. The van der Waals surface area contributed by atoms with Crippen molar-refractivity contribution in [1.29, 1.82) is 0 Å². The second-order valence-electron chi connectivity index (χ2n) is 5.65. The maximum absolute atomic E-state index is 12.7. The molecule has 6 heteroatoms. The van der Waals surface area contributed by atoms with Gasteiger partial charge in [-0.25, -0.2) is 0 Å². The molecule has 4 nitrogen and oxygen atoms in total. The Labute approximate surface area is 154 Å². The van der Waals surface area contributed by atoms with Gasteiger partial charge in [0.15, 0.2) is 0 Å². The fourth-order valence-corrected chi connectivity index (χ4v) is 2.55. The molecule has 1 amide bonds. The van der Waals surface area contributed by atoms with Gasteiger partial charge in [-0.15, -0.1) is 0 Å². The normalized spacial score (nSPS) is 11.8. The highest BCUT2D eigenvalue weighted by Gasteiger charge is 2.19. The van der Waals surface area contributed by atoms with E-state index in [-0.39, 0.29) is 5.91 Å². The number of hydrogen-bond acceptors (Lipinski definition) is 3. The average molecular weight is 370 g/mol. The Balaban J connectivity index is 3.05. The topological polar surface area (TPSA) is 49.6 Å². The van der Waals surface area contributed by atoms with Crippen molar-refractivity contribution < 1.29 is 4.79 Å². The molecule has 1 rings (SSSR count). The number of nitrogen functional groups attached to an aromatic ring is 1. The first-order valence-corrected chi connectivity index (χ1v) is 8.51. The number of allylic oxidation sites excluding steroid dienone is 2. The summed E-state index contributed by atoms with van der Waals surface area (Å²) in [4.78, 5) is 16.3. The summed E-state index contributed by atoms with van der Waals surface area (Å²) in [6.07, 6.45) is 0.954. The predicted molar refractivity (Wildman–Crippen MR) is 106 cm³/mol. The molecular weight excluding hydrogens is 345 g/mol. The van der Waals surface area contributed by atoms with Gasteiger partial charge in [0.2, 0.25) is 0 Å². The lowest BCUT2D eigenvalue weighted by molar-refractivity contribution is -0.115. The summed E-state index contributed by atoms with van der Waals surface area (Å²) in [6, 6.07) is 5.58. The van der Waals surface area contributed by atoms with Crippen LogP contribution in [-0.2, 0) is 4.79 Å². The molecule has 0 spiro atoms. The first kappa shape index (κ1) is 20.4. The summed E-state index contributed by atoms with van der Waals surface area (Å²) in [5.41, 5.74) is 8.92. The van der Waals surface area contributed by atoms with Crippen molar-refractivity contribution in [3.05, 3.63) is 40.4 Å². The molecular formula is C18H25Cl2N3O. The fraction of sp³-hybridized carbons (Fsp3) is 0.389. The number of hydrogen-bond donors (Lipinski definition) is 1. The summed E-state index contributed by atoms with van der Waals surface area (Å²) < 4.78 is 0. The van der Waals surface area contributed by atoms with E-state index < -0.39 is 0 Å². The highest BCUT2D eigenvalue weighted by molar-refractivity contribution is 6.32. The Morgan fingerprint density at radius 3 is 2.33 bits per heavy atom. The molecule has 0 radical (unpaired) electrons. The number of amides is 1. The van der Waals surface area contributed by atoms with Crippen LogP contribution >= 0.6 is 23.2 Å². The first-order chi connectivity index (χ1) is 11.2.